The van der Waals surface area contributed by atoms with Gasteiger partial charge in [-0.05, 0) is 31.7 Å². The summed E-state index contributed by atoms with van der Waals surface area (Å²) in [6, 6.07) is 8.34. The number of nitrogens with zero attached hydrogens (tertiary/aromatic N) is 1. The molecule has 2 nitrogen and oxygen atoms in total. The monoisotopic (exact) mass is 233 g/mol. The van der Waals surface area contributed by atoms with Crippen LogP contribution in [0.2, 0.25) is 0 Å². The molecule has 1 aliphatic rings. The molecule has 0 radical (unpaired) electrons. The van der Waals surface area contributed by atoms with Crippen molar-refractivity contribution in [1.82, 2.24) is 0 Å². The van der Waals surface area contributed by atoms with Crippen LogP contribution < -0.4 is 4.90 Å². The smallest absolute Gasteiger partial charge is 0.0911 e. The summed E-state index contributed by atoms with van der Waals surface area (Å²) in [6.45, 7) is 6.37. The Morgan fingerprint density at radius 1 is 1.12 bits per heavy atom. The Morgan fingerprint density at radius 2 is 1.71 bits per heavy atom. The molecule has 1 saturated heterocycles. The molecule has 0 aromatic heterocycles. The minimum Gasteiger partial charge on any atom is -0.385 e. The van der Waals surface area contributed by atoms with Gasteiger partial charge in [-0.1, -0.05) is 32.0 Å². The number of para-hydroxylation sites is 1. The van der Waals surface area contributed by atoms with E-state index in [1.807, 2.05) is 6.07 Å². The number of hydrogen-bond acceptors (Lipinski definition) is 2. The molecule has 0 spiro atoms. The lowest BCUT2D eigenvalue weighted by Crippen LogP contribution is -2.28. The highest BCUT2D eigenvalue weighted by atomic mass is 16.3. The molecule has 1 aromatic rings. The van der Waals surface area contributed by atoms with Crippen LogP contribution in [-0.4, -0.2) is 18.2 Å². The summed E-state index contributed by atoms with van der Waals surface area (Å²) in [5.41, 5.74) is 1.67. The highest BCUT2D eigenvalue weighted by Gasteiger charge is 2.29. The minimum atomic E-state index is -0.667. The molecule has 0 bridgehead atoms. The van der Waals surface area contributed by atoms with Crippen molar-refractivity contribution < 1.29 is 5.11 Å². The molecule has 0 aliphatic carbocycles. The first-order valence-electron chi connectivity index (χ1n) is 6.78. The van der Waals surface area contributed by atoms with Crippen LogP contribution in [0.15, 0.2) is 24.3 Å². The third kappa shape index (κ3) is 2.32. The second-order valence-corrected chi connectivity index (χ2v) is 4.95. The maximum atomic E-state index is 10.7. The minimum absolute atomic E-state index is 0.667. The summed E-state index contributed by atoms with van der Waals surface area (Å²) in [5, 5.41) is 10.7. The molecule has 1 N–H and O–H groups in total. The zero-order valence-electron chi connectivity index (χ0n) is 10.9. The average Bonchev–Trinajstić information content (AvgIpc) is 2.92. The van der Waals surface area contributed by atoms with Crippen molar-refractivity contribution in [3.8, 4) is 0 Å². The molecule has 94 valence electrons. The van der Waals surface area contributed by atoms with E-state index in [0.29, 0.717) is 0 Å². The lowest BCUT2D eigenvalue weighted by molar-refractivity contribution is 0.0288. The normalized spacial score (nSPS) is 16.5. The molecule has 17 heavy (non-hydrogen) atoms. The predicted molar refractivity (Wildman–Crippen MR) is 72.4 cm³/mol. The number of anilines is 1. The van der Waals surface area contributed by atoms with Crippen LogP contribution in [-0.2, 0) is 5.60 Å². The Labute approximate surface area is 104 Å². The van der Waals surface area contributed by atoms with E-state index in [0.717, 1.165) is 31.5 Å². The van der Waals surface area contributed by atoms with Crippen molar-refractivity contribution >= 4 is 5.69 Å². The van der Waals surface area contributed by atoms with Crippen LogP contribution in [0.25, 0.3) is 0 Å². The Balaban J connectivity index is 2.39. The van der Waals surface area contributed by atoms with Gasteiger partial charge in [0.25, 0.3) is 0 Å². The van der Waals surface area contributed by atoms with Crippen molar-refractivity contribution in [1.29, 1.82) is 0 Å². The lowest BCUT2D eigenvalue weighted by Gasteiger charge is -2.31. The summed E-state index contributed by atoms with van der Waals surface area (Å²) in [7, 11) is 0. The van der Waals surface area contributed by atoms with Crippen LogP contribution in [0, 0.1) is 0 Å². The zero-order chi connectivity index (χ0) is 12.3. The van der Waals surface area contributed by atoms with Gasteiger partial charge in [0.15, 0.2) is 0 Å². The fourth-order valence-corrected chi connectivity index (χ4v) is 2.73. The van der Waals surface area contributed by atoms with Crippen LogP contribution in [0.4, 0.5) is 5.69 Å². The second kappa shape index (κ2) is 5.09. The molecule has 1 aromatic carbocycles. The topological polar surface area (TPSA) is 23.5 Å². The number of rotatable bonds is 4. The Morgan fingerprint density at radius 3 is 2.29 bits per heavy atom. The molecule has 1 fully saturated rings. The van der Waals surface area contributed by atoms with Crippen molar-refractivity contribution in [2.75, 3.05) is 18.0 Å². The van der Waals surface area contributed by atoms with Crippen molar-refractivity contribution in [2.45, 2.75) is 45.1 Å². The molecule has 2 rings (SSSR count). The van der Waals surface area contributed by atoms with Crippen LogP contribution in [0.1, 0.15) is 45.1 Å². The van der Waals surface area contributed by atoms with E-state index in [-0.39, 0.29) is 0 Å². The fraction of sp³-hybridized carbons (Fsp3) is 0.600. The third-order valence-corrected chi connectivity index (χ3v) is 4.02. The van der Waals surface area contributed by atoms with E-state index in [1.54, 1.807) is 0 Å². The third-order valence-electron chi connectivity index (χ3n) is 4.02. The van der Waals surface area contributed by atoms with Gasteiger partial charge in [-0.3, -0.25) is 0 Å². The molecule has 0 amide bonds. The number of aliphatic hydroxyl groups is 1. The Kier molecular flexibility index (Phi) is 3.72. The van der Waals surface area contributed by atoms with E-state index in [2.05, 4.69) is 36.9 Å². The Hall–Kier alpha value is -1.02. The van der Waals surface area contributed by atoms with Gasteiger partial charge in [0.05, 0.1) is 5.60 Å². The van der Waals surface area contributed by atoms with Crippen molar-refractivity contribution in [3.63, 3.8) is 0 Å². The number of hydrogen-bond donors (Lipinski definition) is 1. The molecule has 1 heterocycles. The van der Waals surface area contributed by atoms with Gasteiger partial charge in [0, 0.05) is 24.3 Å². The summed E-state index contributed by atoms with van der Waals surface area (Å²) in [6.07, 6.45) is 4.08. The van der Waals surface area contributed by atoms with Gasteiger partial charge in [-0.2, -0.15) is 0 Å². The largest absolute Gasteiger partial charge is 0.385 e. The van der Waals surface area contributed by atoms with E-state index in [1.165, 1.54) is 18.5 Å². The number of benzene rings is 1. The van der Waals surface area contributed by atoms with Crippen molar-refractivity contribution in [2.24, 2.45) is 0 Å². The summed E-state index contributed by atoms with van der Waals surface area (Å²) >= 11 is 0. The van der Waals surface area contributed by atoms with E-state index in [9.17, 15) is 5.11 Å². The van der Waals surface area contributed by atoms with Gasteiger partial charge in [0.1, 0.15) is 0 Å². The molecule has 0 unspecified atom stereocenters. The highest BCUT2D eigenvalue weighted by Crippen LogP contribution is 2.36. The maximum Gasteiger partial charge on any atom is 0.0911 e. The lowest BCUT2D eigenvalue weighted by atomic mass is 9.87. The van der Waals surface area contributed by atoms with Crippen molar-refractivity contribution in [3.05, 3.63) is 29.8 Å². The fourth-order valence-electron chi connectivity index (χ4n) is 2.73. The first-order valence-corrected chi connectivity index (χ1v) is 6.78. The molecule has 0 saturated carbocycles. The molecule has 1 aliphatic heterocycles. The zero-order valence-corrected chi connectivity index (χ0v) is 10.9. The van der Waals surface area contributed by atoms with Gasteiger partial charge in [-0.15, -0.1) is 0 Å². The van der Waals surface area contributed by atoms with E-state index < -0.39 is 5.60 Å². The summed E-state index contributed by atoms with van der Waals surface area (Å²) in [4.78, 5) is 2.41. The molecule has 2 heteroatoms. The average molecular weight is 233 g/mol. The van der Waals surface area contributed by atoms with Gasteiger partial charge >= 0.3 is 0 Å². The maximum absolute atomic E-state index is 10.7. The van der Waals surface area contributed by atoms with Gasteiger partial charge in [0.2, 0.25) is 0 Å². The van der Waals surface area contributed by atoms with Crippen LogP contribution in [0.3, 0.4) is 0 Å². The molecular formula is C15H23NO. The van der Waals surface area contributed by atoms with Crippen LogP contribution >= 0.6 is 0 Å². The first-order chi connectivity index (χ1) is 8.21. The summed E-state index contributed by atoms with van der Waals surface area (Å²) in [5.74, 6) is 0. The molecule has 0 atom stereocenters. The first kappa shape index (κ1) is 12.4. The van der Waals surface area contributed by atoms with Crippen LogP contribution in [0.5, 0.6) is 0 Å². The SMILES string of the molecule is CCC(O)(CC)c1ccccc1N1CCCC1. The van der Waals surface area contributed by atoms with E-state index >= 15 is 0 Å². The predicted octanol–water partition coefficient (Wildman–Crippen LogP) is 3.29. The quantitative estimate of drug-likeness (QED) is 0.862. The Bertz CT molecular complexity index is 365. The van der Waals surface area contributed by atoms with Gasteiger partial charge in [-0.25, -0.2) is 0 Å². The molecular weight excluding hydrogens is 210 g/mol. The standard InChI is InChI=1S/C15H23NO/c1-3-15(17,4-2)13-9-5-6-10-14(13)16-11-7-8-12-16/h5-6,9-10,17H,3-4,7-8,11-12H2,1-2H3. The highest BCUT2D eigenvalue weighted by molar-refractivity contribution is 5.56. The van der Waals surface area contributed by atoms with E-state index in [4.69, 9.17) is 0 Å². The van der Waals surface area contributed by atoms with Gasteiger partial charge < -0.3 is 10.0 Å². The second-order valence-electron chi connectivity index (χ2n) is 4.95. The summed E-state index contributed by atoms with van der Waals surface area (Å²) < 4.78 is 0.